The Morgan fingerprint density at radius 2 is 1.32 bits per heavy atom. The maximum atomic E-state index is 12.4. The Morgan fingerprint density at radius 1 is 0.842 bits per heavy atom. The van der Waals surface area contributed by atoms with Crippen LogP contribution >= 0.6 is 0 Å². The van der Waals surface area contributed by atoms with Crippen LogP contribution in [-0.4, -0.2) is 58.6 Å². The van der Waals surface area contributed by atoms with E-state index in [0.717, 1.165) is 63.2 Å². The summed E-state index contributed by atoms with van der Waals surface area (Å²) >= 11 is 0. The second kappa shape index (κ2) is 27.3. The van der Waals surface area contributed by atoms with Gasteiger partial charge in [-0.15, -0.1) is 0 Å². The zero-order chi connectivity index (χ0) is 25.9. The van der Waals surface area contributed by atoms with Crippen LogP contribution in [0.4, 0.5) is 10.1 Å². The van der Waals surface area contributed by atoms with E-state index in [1.54, 1.807) is 6.92 Å². The second-order valence-corrected chi connectivity index (χ2v) is 7.74. The molecule has 0 unspecified atom stereocenters. The van der Waals surface area contributed by atoms with Crippen molar-refractivity contribution in [3.63, 3.8) is 0 Å². The van der Waals surface area contributed by atoms with Gasteiger partial charge in [0.1, 0.15) is 18.4 Å². The molecule has 0 bridgehead atoms. The predicted molar refractivity (Wildman–Crippen MR) is 136 cm³/mol. The number of carbonyl (C=O) groups is 3. The summed E-state index contributed by atoms with van der Waals surface area (Å²) in [5.41, 5.74) is 4.21. The minimum absolute atomic E-state index is 0. The molecular weight excluding hydrogens is 547 g/mol. The molecule has 2 fully saturated rings. The van der Waals surface area contributed by atoms with Crippen LogP contribution in [0.3, 0.4) is 0 Å². The Kier molecular flexibility index (Phi) is 30.6. The van der Waals surface area contributed by atoms with Crippen molar-refractivity contribution in [1.82, 2.24) is 0 Å². The number of rotatable bonds is 4. The number of morpholine rings is 1. The van der Waals surface area contributed by atoms with E-state index in [1.165, 1.54) is 43.1 Å². The number of halogens is 1. The summed E-state index contributed by atoms with van der Waals surface area (Å²) in [6, 6.07) is 10.0. The van der Waals surface area contributed by atoms with Crippen molar-refractivity contribution in [2.75, 3.05) is 44.4 Å². The van der Waals surface area contributed by atoms with Crippen molar-refractivity contribution in [2.24, 2.45) is 0 Å². The number of hydrogen-bond acceptors (Lipinski definition) is 8. The fourth-order valence-corrected chi connectivity index (χ4v) is 3.27. The van der Waals surface area contributed by atoms with Gasteiger partial charge in [0.05, 0.1) is 13.2 Å². The van der Waals surface area contributed by atoms with Crippen molar-refractivity contribution in [1.29, 1.82) is 0 Å². The van der Waals surface area contributed by atoms with E-state index in [4.69, 9.17) is 19.5 Å². The largest absolute Gasteiger partial charge is 1.00 e. The standard InChI is InChI=1S/C12H15NO2.C8H7FO.C5H10O.CH2O3.CH4.2K.H/c1-10-8-12(3-2-11(10)9-14)13-4-6-15-7-5-13;1-6-4-8(9)3-2-7(6)5-10;1-2-4-6-5-3-1;2-1-4-3;;;;/h2-3,8-9H,4-7H2,1H3;2-5H,1H3;1-5H2;1,3H;1H4;;;/q;;;;;2*+1;-1/p-1. The molecule has 0 spiro atoms. The van der Waals surface area contributed by atoms with Crippen LogP contribution in [0.5, 0.6) is 0 Å². The van der Waals surface area contributed by atoms with Crippen LogP contribution in [0.2, 0.25) is 0 Å². The van der Waals surface area contributed by atoms with Gasteiger partial charge >= 0.3 is 103 Å². The molecule has 0 N–H and O–H groups in total. The molecule has 4 rings (SSSR count). The maximum Gasteiger partial charge on any atom is 1.00 e. The van der Waals surface area contributed by atoms with Crippen molar-refractivity contribution in [2.45, 2.75) is 40.5 Å². The Bertz CT molecular complexity index is 904. The molecule has 2 saturated heterocycles. The van der Waals surface area contributed by atoms with E-state index < -0.39 is 0 Å². The van der Waals surface area contributed by atoms with Gasteiger partial charge in [-0.05, 0) is 80.6 Å². The zero-order valence-electron chi connectivity index (χ0n) is 23.2. The number of hydrogen-bond donors (Lipinski definition) is 0. The number of carbonyl (C=O) groups excluding carboxylic acids is 3. The van der Waals surface area contributed by atoms with Gasteiger partial charge in [0, 0.05) is 43.1 Å². The first-order valence-electron chi connectivity index (χ1n) is 11.4. The molecule has 0 aliphatic carbocycles. The van der Waals surface area contributed by atoms with E-state index in [-0.39, 0.29) is 124 Å². The van der Waals surface area contributed by atoms with Gasteiger partial charge in [-0.25, -0.2) is 4.39 Å². The molecule has 11 heteroatoms. The van der Waals surface area contributed by atoms with Crippen LogP contribution in [-0.2, 0) is 19.2 Å². The molecule has 0 amide bonds. The minimum atomic E-state index is -0.303. The molecule has 0 radical (unpaired) electrons. The fraction of sp³-hybridized carbons (Fsp3) is 0.444. The predicted octanol–water partition coefficient (Wildman–Crippen LogP) is -2.03. The third kappa shape index (κ3) is 18.5. The fourth-order valence-electron chi connectivity index (χ4n) is 3.27. The first kappa shape index (κ1) is 42.6. The summed E-state index contributed by atoms with van der Waals surface area (Å²) in [5.74, 6) is -0.303. The van der Waals surface area contributed by atoms with Gasteiger partial charge in [0.2, 0.25) is 0 Å². The molecule has 0 saturated carbocycles. The van der Waals surface area contributed by atoms with Gasteiger partial charge in [-0.2, -0.15) is 0 Å². The van der Waals surface area contributed by atoms with Crippen LogP contribution in [0.15, 0.2) is 36.4 Å². The summed E-state index contributed by atoms with van der Waals surface area (Å²) < 4.78 is 22.7. The van der Waals surface area contributed by atoms with E-state index >= 15 is 0 Å². The summed E-state index contributed by atoms with van der Waals surface area (Å²) in [5, 5.41) is 8.43. The van der Waals surface area contributed by atoms with Gasteiger partial charge < -0.3 is 25.9 Å². The summed E-state index contributed by atoms with van der Waals surface area (Å²) in [7, 11) is 0. The van der Waals surface area contributed by atoms with Crippen LogP contribution in [0, 0.1) is 19.7 Å². The van der Waals surface area contributed by atoms with Crippen molar-refractivity contribution >= 4 is 24.7 Å². The van der Waals surface area contributed by atoms with E-state index in [9.17, 15) is 14.0 Å². The Labute approximate surface area is 312 Å². The van der Waals surface area contributed by atoms with Crippen LogP contribution in [0.25, 0.3) is 0 Å². The first-order chi connectivity index (χ1) is 17.0. The number of nitrogens with zero attached hydrogens (tertiary/aromatic N) is 1. The second-order valence-electron chi connectivity index (χ2n) is 7.74. The number of benzene rings is 2. The Hall–Kier alpha value is 0.133. The number of aldehydes is 2. The molecule has 2 aromatic rings. The van der Waals surface area contributed by atoms with Gasteiger partial charge in [0.15, 0.2) is 0 Å². The minimum Gasteiger partial charge on any atom is -1.00 e. The summed E-state index contributed by atoms with van der Waals surface area (Å²) in [6.07, 6.45) is 5.55. The number of ether oxygens (including phenoxy) is 2. The van der Waals surface area contributed by atoms with Crippen molar-refractivity contribution in [3.8, 4) is 0 Å². The third-order valence-electron chi connectivity index (χ3n) is 5.23. The average molecular weight is 586 g/mol. The molecule has 202 valence electrons. The molecule has 2 heterocycles. The van der Waals surface area contributed by atoms with Gasteiger partial charge in [-0.1, -0.05) is 7.43 Å². The van der Waals surface area contributed by atoms with E-state index in [2.05, 4.69) is 15.9 Å². The van der Waals surface area contributed by atoms with Gasteiger partial charge in [-0.3, -0.25) is 14.4 Å². The summed E-state index contributed by atoms with van der Waals surface area (Å²) in [6.45, 7) is 8.92. The normalized spacial score (nSPS) is 13.3. The number of anilines is 1. The van der Waals surface area contributed by atoms with E-state index in [1.807, 2.05) is 19.1 Å². The maximum absolute atomic E-state index is 12.4. The monoisotopic (exact) mass is 585 g/mol. The molecule has 0 atom stereocenters. The topological polar surface area (TPSA) is 105 Å². The zero-order valence-corrected chi connectivity index (χ0v) is 28.5. The number of aryl methyl sites for hydroxylation is 2. The molecule has 2 aliphatic rings. The Morgan fingerprint density at radius 3 is 1.68 bits per heavy atom. The van der Waals surface area contributed by atoms with Crippen molar-refractivity contribution < 1.29 is 143 Å². The van der Waals surface area contributed by atoms with Crippen LogP contribution in [0.1, 0.15) is 60.0 Å². The quantitative estimate of drug-likeness (QED) is 0.175. The molecule has 2 aromatic carbocycles. The molecule has 38 heavy (non-hydrogen) atoms. The van der Waals surface area contributed by atoms with Gasteiger partial charge in [0.25, 0.3) is 6.47 Å². The van der Waals surface area contributed by atoms with E-state index in [0.29, 0.717) is 11.1 Å². The SMILES string of the molecule is C.C1CCOCC1.Cc1cc(F)ccc1C=O.Cc1cc(N2CCOCC2)ccc1C=O.O=CO[O-].[H-].[K+].[K+]. The van der Waals surface area contributed by atoms with Crippen molar-refractivity contribution in [3.05, 3.63) is 64.5 Å². The molecule has 2 aliphatic heterocycles. The summed E-state index contributed by atoms with van der Waals surface area (Å²) in [4.78, 5) is 34.4. The molecular formula is C27H38FK2NO7. The third-order valence-corrected chi connectivity index (χ3v) is 5.23. The smallest absolute Gasteiger partial charge is 1.00 e. The first-order valence-corrected chi connectivity index (χ1v) is 11.4. The molecule has 0 aromatic heterocycles. The molecule has 8 nitrogen and oxygen atoms in total. The van der Waals surface area contributed by atoms with Crippen LogP contribution < -0.4 is 113 Å². The Balaban J connectivity index is -0.000000224. The average Bonchev–Trinajstić information content (AvgIpc) is 2.91.